The zero-order chi connectivity index (χ0) is 62.4. The molecule has 2 aromatic carbocycles. The van der Waals surface area contributed by atoms with Gasteiger partial charge in [0.2, 0.25) is 23.6 Å². The minimum atomic E-state index is -1.06. The summed E-state index contributed by atoms with van der Waals surface area (Å²) in [7, 11) is 3.19. The van der Waals surface area contributed by atoms with E-state index in [0.29, 0.717) is 127 Å². The Bertz CT molecular complexity index is 2520. The van der Waals surface area contributed by atoms with Crippen molar-refractivity contribution in [3.63, 3.8) is 0 Å². The van der Waals surface area contributed by atoms with Gasteiger partial charge in [0.1, 0.15) is 11.5 Å². The molecule has 472 valence electrons. The van der Waals surface area contributed by atoms with Gasteiger partial charge >= 0.3 is 11.9 Å². The Morgan fingerprint density at radius 3 is 1.29 bits per heavy atom. The summed E-state index contributed by atoms with van der Waals surface area (Å²) in [4.78, 5) is 91.0. The van der Waals surface area contributed by atoms with Crippen molar-refractivity contribution < 1.29 is 68.1 Å². The molecule has 18 heteroatoms. The summed E-state index contributed by atoms with van der Waals surface area (Å²) >= 11 is 0. The highest BCUT2D eigenvalue weighted by Crippen LogP contribution is 2.65. The summed E-state index contributed by atoms with van der Waals surface area (Å²) in [5.41, 5.74) is -2.16. The zero-order valence-corrected chi connectivity index (χ0v) is 51.4. The number of benzene rings is 2. The Morgan fingerprint density at radius 1 is 0.605 bits per heavy atom. The fraction of sp³-hybridized carbons (Fsp3) is 0.618. The lowest BCUT2D eigenvalue weighted by Gasteiger charge is -2.63. The van der Waals surface area contributed by atoms with Crippen molar-refractivity contribution in [3.05, 3.63) is 110 Å². The van der Waals surface area contributed by atoms with Crippen LogP contribution in [0, 0.1) is 34.5 Å². The maximum absolute atomic E-state index is 14.4. The predicted molar refractivity (Wildman–Crippen MR) is 326 cm³/mol. The van der Waals surface area contributed by atoms with E-state index in [4.69, 9.17) is 18.9 Å². The largest absolute Gasteiger partial charge is 0.497 e. The van der Waals surface area contributed by atoms with Crippen LogP contribution in [0.5, 0.6) is 11.5 Å². The van der Waals surface area contributed by atoms with Gasteiger partial charge in [0.15, 0.2) is 0 Å². The molecule has 2 aromatic rings. The quantitative estimate of drug-likeness (QED) is 0.0309. The van der Waals surface area contributed by atoms with Gasteiger partial charge in [-0.15, -0.1) is 26.3 Å². The van der Waals surface area contributed by atoms with Gasteiger partial charge in [0, 0.05) is 61.7 Å². The van der Waals surface area contributed by atoms with E-state index in [1.54, 1.807) is 52.4 Å². The number of methoxy groups -OCH3 is 2. The van der Waals surface area contributed by atoms with Crippen LogP contribution in [-0.2, 0) is 51.3 Å². The summed E-state index contributed by atoms with van der Waals surface area (Å²) in [6, 6.07) is 13.8. The Morgan fingerprint density at radius 2 is 0.977 bits per heavy atom. The first-order chi connectivity index (χ1) is 41.4. The van der Waals surface area contributed by atoms with Gasteiger partial charge in [-0.1, -0.05) is 48.6 Å². The van der Waals surface area contributed by atoms with Gasteiger partial charge in [-0.2, -0.15) is 0 Å². The Hall–Kier alpha value is -6.34. The number of likely N-dealkylation sites (tertiary alicyclic amines) is 4. The number of hydrogen-bond acceptors (Lipinski definition) is 14. The second kappa shape index (κ2) is 30.0. The van der Waals surface area contributed by atoms with Crippen molar-refractivity contribution in [2.24, 2.45) is 34.5 Å². The molecule has 0 radical (unpaired) electrons. The Kier molecular flexibility index (Phi) is 23.5. The van der Waals surface area contributed by atoms with Gasteiger partial charge in [0.25, 0.3) is 0 Å². The number of aliphatic hydroxyl groups is 4. The van der Waals surface area contributed by atoms with Crippen LogP contribution in [0.3, 0.4) is 0 Å². The zero-order valence-electron chi connectivity index (χ0n) is 51.4. The number of amides is 4. The van der Waals surface area contributed by atoms with Crippen molar-refractivity contribution in [2.45, 2.75) is 178 Å². The summed E-state index contributed by atoms with van der Waals surface area (Å²) in [5, 5.41) is 43.9. The molecule has 4 aliphatic heterocycles. The van der Waals surface area contributed by atoms with Crippen molar-refractivity contribution in [3.8, 4) is 11.5 Å². The molecule has 4 amide bonds. The highest BCUT2D eigenvalue weighted by atomic mass is 16.5. The van der Waals surface area contributed by atoms with E-state index >= 15 is 0 Å². The van der Waals surface area contributed by atoms with Crippen molar-refractivity contribution >= 4 is 35.6 Å². The van der Waals surface area contributed by atoms with Crippen LogP contribution in [0.15, 0.2) is 99.2 Å². The summed E-state index contributed by atoms with van der Waals surface area (Å²) in [6.07, 6.45) is 13.0. The van der Waals surface area contributed by atoms with E-state index in [1.807, 2.05) is 68.1 Å². The van der Waals surface area contributed by atoms with Crippen molar-refractivity contribution in [1.82, 2.24) is 19.6 Å². The molecule has 2 saturated carbocycles. The van der Waals surface area contributed by atoms with Crippen LogP contribution in [0.1, 0.15) is 141 Å². The number of nitrogens with zero attached hydrogens (tertiary/aromatic N) is 4. The molecular formula is C68H96N4O14. The molecule has 6 fully saturated rings. The molecule has 6 aliphatic rings. The number of esters is 2. The van der Waals surface area contributed by atoms with Gasteiger partial charge in [-0.25, -0.2) is 0 Å². The molecule has 8 bridgehead atoms. The van der Waals surface area contributed by atoms with Crippen molar-refractivity contribution in [2.75, 3.05) is 53.7 Å². The standard InChI is InChI=1S/2C34H48N2O7/c2*1-5-8-9-11-29(39)35-19-17-28-27-20-33(23-37,18-16-25(38)10-6-2)32(35)34(28,21-30(40)43-7-3)36(31(27)41)22-24-12-14-26(42-4)15-13-24/h2*5-6,12-15,25,27-28,32,37-38H,1-2,7-11,16-23H2,3-4H3/t25-,27+,28-,32+,33+,34+;25-,27-,28+,32-,33-,34-/m10/s1. The molecule has 86 heavy (non-hydrogen) atoms. The Balaban J connectivity index is 0.000000246. The number of aliphatic hydroxyl groups excluding tert-OH is 4. The van der Waals surface area contributed by atoms with E-state index in [0.717, 1.165) is 11.1 Å². The number of carbonyl (C=O) groups is 6. The van der Waals surface area contributed by atoms with Crippen LogP contribution in [0.2, 0.25) is 0 Å². The average molecular weight is 1190 g/mol. The monoisotopic (exact) mass is 1190 g/mol. The Labute approximate surface area is 509 Å². The number of piperidine rings is 2. The lowest BCUT2D eigenvalue weighted by atomic mass is 9.51. The molecule has 18 nitrogen and oxygen atoms in total. The number of carbonyl (C=O) groups excluding carboxylic acids is 6. The number of unbranched alkanes of at least 4 members (excludes halogenated alkanes) is 2. The van der Waals surface area contributed by atoms with E-state index in [9.17, 15) is 49.2 Å². The third kappa shape index (κ3) is 13.5. The van der Waals surface area contributed by atoms with Crippen LogP contribution in [-0.4, -0.2) is 165 Å². The highest BCUT2D eigenvalue weighted by molar-refractivity contribution is 5.89. The van der Waals surface area contributed by atoms with Gasteiger partial charge in [-0.05, 0) is 151 Å². The normalized spacial score (nSPS) is 28.4. The van der Waals surface area contributed by atoms with E-state index in [-0.39, 0.29) is 87.8 Å². The molecule has 4 heterocycles. The minimum absolute atomic E-state index is 0.0554. The number of ether oxygens (including phenoxy) is 4. The number of allylic oxidation sites excluding steroid dienone is 2. The first kappa shape index (κ1) is 67.2. The van der Waals surface area contributed by atoms with Gasteiger partial charge in [-0.3, -0.25) is 28.8 Å². The molecule has 0 aromatic heterocycles. The van der Waals surface area contributed by atoms with Gasteiger partial charge in [0.05, 0.1) is 88.9 Å². The fourth-order valence-corrected chi connectivity index (χ4v) is 16.4. The highest BCUT2D eigenvalue weighted by Gasteiger charge is 2.75. The molecule has 12 atom stereocenters. The van der Waals surface area contributed by atoms with E-state index in [2.05, 4.69) is 26.3 Å². The third-order valence-corrected chi connectivity index (χ3v) is 19.9. The first-order valence-corrected chi connectivity index (χ1v) is 31.2. The van der Waals surface area contributed by atoms with Gasteiger partial charge < -0.3 is 59.0 Å². The summed E-state index contributed by atoms with van der Waals surface area (Å²) in [6.45, 7) is 19.8. The molecule has 0 unspecified atom stereocenters. The third-order valence-electron chi connectivity index (χ3n) is 19.9. The number of hydrogen-bond donors (Lipinski definition) is 4. The number of rotatable bonds is 32. The summed E-state index contributed by atoms with van der Waals surface area (Å²) in [5.74, 6) is -0.860. The predicted octanol–water partition coefficient (Wildman–Crippen LogP) is 8.04. The second-order valence-electron chi connectivity index (χ2n) is 24.7. The average Bonchev–Trinajstić information content (AvgIpc) is 1.47. The molecule has 4 N–H and O–H groups in total. The smallest absolute Gasteiger partial charge is 0.308 e. The molecule has 0 spiro atoms. The van der Waals surface area contributed by atoms with Crippen LogP contribution < -0.4 is 9.47 Å². The molecule has 2 aliphatic carbocycles. The SMILES string of the molecule is C=CCCCC(=O)N1CC[C@@H]2[C@@H]3C[C@](CO)(CC[C@@H](O)CC=C)[C@H]1[C@@]2(CC(=O)OCC)N(Cc1ccc(OC)cc1)C3=O.C=CCCCC(=O)N1CC[C@@H]2[C@@H]3C[C@](CO)(CC[C@H](O)CC=C)[C@H]1[C@@]2(CC(=O)OCC)N(Cc1ccc(OC)cc1)C3=O. The molecule has 8 rings (SSSR count). The first-order valence-electron chi connectivity index (χ1n) is 31.2. The lowest BCUT2D eigenvalue weighted by molar-refractivity contribution is -0.181. The van der Waals surface area contributed by atoms with Crippen LogP contribution in [0.25, 0.3) is 0 Å². The van der Waals surface area contributed by atoms with E-state index < -0.39 is 70.0 Å². The maximum atomic E-state index is 14.4. The fourth-order valence-electron chi connectivity index (χ4n) is 16.4. The minimum Gasteiger partial charge on any atom is -0.497 e. The summed E-state index contributed by atoms with van der Waals surface area (Å²) < 4.78 is 21.7. The van der Waals surface area contributed by atoms with E-state index in [1.165, 1.54) is 0 Å². The molecular weight excluding hydrogens is 1100 g/mol. The second-order valence-corrected chi connectivity index (χ2v) is 24.7. The molecule has 4 saturated heterocycles. The topological polar surface area (TPSA) is 233 Å². The maximum Gasteiger partial charge on any atom is 0.308 e. The lowest BCUT2D eigenvalue weighted by Crippen LogP contribution is -2.75. The van der Waals surface area contributed by atoms with Crippen LogP contribution in [0.4, 0.5) is 0 Å². The van der Waals surface area contributed by atoms with Crippen LogP contribution >= 0.6 is 0 Å². The van der Waals surface area contributed by atoms with Crippen molar-refractivity contribution in [1.29, 1.82) is 0 Å².